The van der Waals surface area contributed by atoms with Gasteiger partial charge in [-0.3, -0.25) is 9.68 Å². The normalized spacial score (nSPS) is 19.5. The van der Waals surface area contributed by atoms with Crippen LogP contribution in [0.3, 0.4) is 0 Å². The van der Waals surface area contributed by atoms with Crippen LogP contribution in [-0.2, 0) is 9.68 Å². The van der Waals surface area contributed by atoms with Gasteiger partial charge in [0.2, 0.25) is 23.8 Å². The number of aliphatic imine (C=N–C) groups is 4. The average Bonchev–Trinajstić information content (AvgIpc) is 2.95. The largest absolute Gasteiger partial charge is 0.368 e. The maximum Gasteiger partial charge on any atom is 0.226 e. The Morgan fingerprint density at radius 2 is 1.00 bits per heavy atom. The van der Waals surface area contributed by atoms with Crippen molar-refractivity contribution >= 4 is 36.0 Å². The van der Waals surface area contributed by atoms with Crippen LogP contribution in [0, 0.1) is 0 Å². The standard InChI is InChI=1S/C28H36N10O2/c29-25-33-23(17-15-21-11-5-3-6-12-21)37(27(31)35-25)39-19-9-1-2-10-20-40-38-24(34-26(30)36-28(38)32)18-16-22-13-7-4-8-14-22/h3-8,11-18,23-24H,1-2,9-10,19-20H2,(H4,29,31,33,35)(H4,30,32,34,36)/b17-15+,18-16+. The second-order valence-corrected chi connectivity index (χ2v) is 9.01. The minimum absolute atomic E-state index is 0.116. The number of benzene rings is 2. The number of hydrogen-bond donors (Lipinski definition) is 4. The van der Waals surface area contributed by atoms with Crippen molar-refractivity contribution in [2.45, 2.75) is 38.0 Å². The van der Waals surface area contributed by atoms with Crippen molar-refractivity contribution in [2.24, 2.45) is 42.9 Å². The molecule has 2 aliphatic rings. The van der Waals surface area contributed by atoms with Crippen molar-refractivity contribution in [3.05, 3.63) is 83.9 Å². The van der Waals surface area contributed by atoms with Gasteiger partial charge in [-0.05, 0) is 36.1 Å². The third kappa shape index (κ3) is 8.41. The van der Waals surface area contributed by atoms with E-state index in [0.717, 1.165) is 36.8 Å². The second-order valence-electron chi connectivity index (χ2n) is 9.01. The molecule has 0 saturated carbocycles. The van der Waals surface area contributed by atoms with E-state index in [2.05, 4.69) is 20.0 Å². The average molecular weight is 545 g/mol. The Hall–Kier alpha value is -4.68. The number of hydroxylamine groups is 4. The van der Waals surface area contributed by atoms with Gasteiger partial charge in [0.15, 0.2) is 12.3 Å². The summed E-state index contributed by atoms with van der Waals surface area (Å²) in [5.41, 5.74) is 25.8. The molecule has 12 nitrogen and oxygen atoms in total. The minimum Gasteiger partial charge on any atom is -0.368 e. The number of rotatable bonds is 13. The molecule has 0 aromatic heterocycles. The van der Waals surface area contributed by atoms with Crippen molar-refractivity contribution in [1.29, 1.82) is 0 Å². The van der Waals surface area contributed by atoms with E-state index < -0.39 is 12.3 Å². The topological polar surface area (TPSA) is 178 Å². The summed E-state index contributed by atoms with van der Waals surface area (Å²) in [5, 5.41) is 2.96. The van der Waals surface area contributed by atoms with Gasteiger partial charge in [-0.15, -0.1) is 0 Å². The summed E-state index contributed by atoms with van der Waals surface area (Å²) in [6.45, 7) is 0.905. The fraction of sp³-hybridized carbons (Fsp3) is 0.286. The van der Waals surface area contributed by atoms with Gasteiger partial charge in [0.25, 0.3) is 0 Å². The van der Waals surface area contributed by atoms with Gasteiger partial charge in [0.05, 0.1) is 13.2 Å². The lowest BCUT2D eigenvalue weighted by Gasteiger charge is -2.29. The first-order valence-corrected chi connectivity index (χ1v) is 13.2. The summed E-state index contributed by atoms with van der Waals surface area (Å²) < 4.78 is 0. The van der Waals surface area contributed by atoms with Crippen molar-refractivity contribution in [3.8, 4) is 0 Å². The molecule has 210 valence electrons. The van der Waals surface area contributed by atoms with Gasteiger partial charge in [0.1, 0.15) is 0 Å². The van der Waals surface area contributed by atoms with Crippen molar-refractivity contribution in [1.82, 2.24) is 10.1 Å². The first-order chi connectivity index (χ1) is 19.5. The van der Waals surface area contributed by atoms with Crippen molar-refractivity contribution in [3.63, 3.8) is 0 Å². The number of nitrogens with zero attached hydrogens (tertiary/aromatic N) is 6. The number of nitrogens with two attached hydrogens (primary N) is 4. The zero-order chi connectivity index (χ0) is 28.2. The SMILES string of the molecule is NC1=NC(/C=C/c2ccccc2)N(OCCCCCCON2C(N)=NC(N)=NC2/C=C/c2ccccc2)C(N)=N1. The zero-order valence-corrected chi connectivity index (χ0v) is 22.3. The maximum atomic E-state index is 6.06. The molecule has 0 bridgehead atoms. The first-order valence-electron chi connectivity index (χ1n) is 13.2. The molecule has 2 aromatic rings. The molecule has 0 amide bonds. The number of hydrogen-bond acceptors (Lipinski definition) is 12. The molecule has 2 aliphatic heterocycles. The second kappa shape index (κ2) is 14.5. The Labute approximate surface area is 234 Å². The van der Waals surface area contributed by atoms with E-state index in [1.54, 1.807) is 0 Å². The fourth-order valence-electron chi connectivity index (χ4n) is 3.97. The lowest BCUT2D eigenvalue weighted by atomic mass is 10.2. The molecule has 2 heterocycles. The van der Waals surface area contributed by atoms with E-state index in [4.69, 9.17) is 32.6 Å². The Morgan fingerprint density at radius 1 is 0.600 bits per heavy atom. The highest BCUT2D eigenvalue weighted by Gasteiger charge is 2.24. The molecule has 12 heteroatoms. The summed E-state index contributed by atoms with van der Waals surface area (Å²) in [7, 11) is 0. The van der Waals surface area contributed by atoms with Crippen LogP contribution in [0.4, 0.5) is 0 Å². The van der Waals surface area contributed by atoms with Crippen molar-refractivity contribution < 1.29 is 9.68 Å². The molecule has 2 unspecified atom stereocenters. The fourth-order valence-corrected chi connectivity index (χ4v) is 3.97. The minimum atomic E-state index is -0.497. The molecule has 8 N–H and O–H groups in total. The summed E-state index contributed by atoms with van der Waals surface area (Å²) in [4.78, 5) is 28.5. The molecule has 0 fully saturated rings. The van der Waals surface area contributed by atoms with Crippen LogP contribution in [0.2, 0.25) is 0 Å². The Morgan fingerprint density at radius 3 is 1.40 bits per heavy atom. The lowest BCUT2D eigenvalue weighted by Crippen LogP contribution is -2.47. The summed E-state index contributed by atoms with van der Waals surface area (Å²) in [6, 6.07) is 19.8. The highest BCUT2D eigenvalue weighted by molar-refractivity contribution is 5.95. The molecule has 4 rings (SSSR count). The van der Waals surface area contributed by atoms with Gasteiger partial charge in [-0.1, -0.05) is 85.7 Å². The molecule has 0 radical (unpaired) electrons. The van der Waals surface area contributed by atoms with Crippen LogP contribution in [0.1, 0.15) is 36.8 Å². The van der Waals surface area contributed by atoms with Gasteiger partial charge in [0, 0.05) is 0 Å². The van der Waals surface area contributed by atoms with Gasteiger partial charge < -0.3 is 22.9 Å². The molecular formula is C28H36N10O2. The number of unbranched alkanes of at least 4 members (excludes halogenated alkanes) is 3. The van der Waals surface area contributed by atoms with Crippen molar-refractivity contribution in [2.75, 3.05) is 13.2 Å². The molecule has 0 saturated heterocycles. The monoisotopic (exact) mass is 544 g/mol. The van der Waals surface area contributed by atoms with E-state index in [1.807, 2.05) is 85.0 Å². The number of guanidine groups is 4. The van der Waals surface area contributed by atoms with Crippen LogP contribution in [0.15, 0.2) is 92.8 Å². The van der Waals surface area contributed by atoms with E-state index in [-0.39, 0.29) is 23.8 Å². The van der Waals surface area contributed by atoms with Crippen LogP contribution >= 0.6 is 0 Å². The van der Waals surface area contributed by atoms with E-state index in [9.17, 15) is 0 Å². The Balaban J connectivity index is 1.18. The Kier molecular flexibility index (Phi) is 10.2. The van der Waals surface area contributed by atoms with Crippen LogP contribution in [0.5, 0.6) is 0 Å². The molecule has 2 aromatic carbocycles. The smallest absolute Gasteiger partial charge is 0.226 e. The van der Waals surface area contributed by atoms with E-state index in [1.165, 1.54) is 10.1 Å². The van der Waals surface area contributed by atoms with Crippen LogP contribution in [0.25, 0.3) is 12.2 Å². The van der Waals surface area contributed by atoms with Gasteiger partial charge in [-0.2, -0.15) is 20.1 Å². The van der Waals surface area contributed by atoms with Gasteiger partial charge >= 0.3 is 0 Å². The van der Waals surface area contributed by atoms with Gasteiger partial charge in [-0.25, -0.2) is 9.98 Å². The van der Waals surface area contributed by atoms with E-state index in [0.29, 0.717) is 13.2 Å². The van der Waals surface area contributed by atoms with Crippen LogP contribution in [-0.4, -0.2) is 59.5 Å². The molecule has 0 spiro atoms. The van der Waals surface area contributed by atoms with E-state index >= 15 is 0 Å². The summed E-state index contributed by atoms with van der Waals surface area (Å²) >= 11 is 0. The van der Waals surface area contributed by atoms with Crippen LogP contribution < -0.4 is 22.9 Å². The highest BCUT2D eigenvalue weighted by atomic mass is 16.7. The highest BCUT2D eigenvalue weighted by Crippen LogP contribution is 2.15. The molecule has 40 heavy (non-hydrogen) atoms. The summed E-state index contributed by atoms with van der Waals surface area (Å²) in [5.74, 6) is 0.573. The lowest BCUT2D eigenvalue weighted by molar-refractivity contribution is -0.121. The third-order valence-corrected chi connectivity index (χ3v) is 5.94. The third-order valence-electron chi connectivity index (χ3n) is 5.94. The molecule has 0 aliphatic carbocycles. The first kappa shape index (κ1) is 28.3. The molecule has 2 atom stereocenters. The Bertz CT molecular complexity index is 1180. The predicted molar refractivity (Wildman–Crippen MR) is 159 cm³/mol. The zero-order valence-electron chi connectivity index (χ0n) is 22.3. The quantitative estimate of drug-likeness (QED) is 0.278. The maximum absolute atomic E-state index is 6.06. The summed E-state index contributed by atoms with van der Waals surface area (Å²) in [6.07, 6.45) is 10.1. The predicted octanol–water partition coefficient (Wildman–Crippen LogP) is 2.38. The molecular weight excluding hydrogens is 508 g/mol.